The van der Waals surface area contributed by atoms with Crippen molar-refractivity contribution in [1.82, 2.24) is 0 Å². The van der Waals surface area contributed by atoms with E-state index in [9.17, 15) is 19.2 Å². The molecule has 0 aliphatic heterocycles. The summed E-state index contributed by atoms with van der Waals surface area (Å²) in [7, 11) is 0. The maximum atomic E-state index is 12.5. The Hall–Kier alpha value is -3.34. The van der Waals surface area contributed by atoms with Gasteiger partial charge in [0.2, 0.25) is 0 Å². The Morgan fingerprint density at radius 2 is 1.31 bits per heavy atom. The van der Waals surface area contributed by atoms with Gasteiger partial charge in [-0.05, 0) is 50.8 Å². The minimum absolute atomic E-state index is 0.0261. The predicted molar refractivity (Wildman–Crippen MR) is 143 cm³/mol. The van der Waals surface area contributed by atoms with Gasteiger partial charge in [-0.25, -0.2) is 9.59 Å². The third kappa shape index (κ3) is 13.9. The van der Waals surface area contributed by atoms with Crippen LogP contribution in [0.2, 0.25) is 0 Å². The molecular weight excluding hydrogens is 510 g/mol. The largest absolute Gasteiger partial charge is 0.513 e. The Balaban J connectivity index is 2.90. The molecule has 0 unspecified atom stereocenters. The summed E-state index contributed by atoms with van der Waals surface area (Å²) >= 11 is 0. The lowest BCUT2D eigenvalue weighted by Gasteiger charge is -2.22. The number of hydrogen-bond acceptors (Lipinski definition) is 11. The summed E-state index contributed by atoms with van der Waals surface area (Å²) in [4.78, 5) is 48.4. The summed E-state index contributed by atoms with van der Waals surface area (Å²) in [6, 6.07) is 3.34. The van der Waals surface area contributed by atoms with Crippen molar-refractivity contribution < 1.29 is 47.6 Å². The molecule has 0 saturated carbocycles. The summed E-state index contributed by atoms with van der Waals surface area (Å²) < 4.78 is 31.2. The van der Waals surface area contributed by atoms with E-state index in [4.69, 9.17) is 34.2 Å². The molecule has 220 valence electrons. The van der Waals surface area contributed by atoms with Crippen LogP contribution in [0.15, 0.2) is 18.2 Å². The van der Waals surface area contributed by atoms with Crippen LogP contribution in [0.3, 0.4) is 0 Å². The first-order chi connectivity index (χ1) is 18.6. The average Bonchev–Trinajstić information content (AvgIpc) is 2.90. The van der Waals surface area contributed by atoms with Gasteiger partial charge in [0, 0.05) is 6.42 Å². The molecule has 11 nitrogen and oxygen atoms in total. The molecule has 11 heteroatoms. The lowest BCUT2D eigenvalue weighted by atomic mass is 10.1. The number of carbonyl (C=O) groups excluding carboxylic acids is 4. The summed E-state index contributed by atoms with van der Waals surface area (Å²) in [6.07, 6.45) is 2.10. The van der Waals surface area contributed by atoms with Gasteiger partial charge >= 0.3 is 24.2 Å². The van der Waals surface area contributed by atoms with E-state index in [1.807, 2.05) is 13.8 Å². The summed E-state index contributed by atoms with van der Waals surface area (Å²) in [5.41, 5.74) is 6.56. The van der Waals surface area contributed by atoms with Gasteiger partial charge in [-0.2, -0.15) is 0 Å². The van der Waals surface area contributed by atoms with E-state index < -0.39 is 42.5 Å². The summed E-state index contributed by atoms with van der Waals surface area (Å²) in [5, 5.41) is 0. The van der Waals surface area contributed by atoms with Gasteiger partial charge in [0.05, 0.1) is 13.2 Å². The highest BCUT2D eigenvalue weighted by Crippen LogP contribution is 2.30. The molecular formula is C28H43NO10. The predicted octanol–water partition coefficient (Wildman–Crippen LogP) is 5.24. The first kappa shape index (κ1) is 33.7. The van der Waals surface area contributed by atoms with E-state index in [0.29, 0.717) is 18.4 Å². The Bertz CT molecular complexity index is 920. The third-order valence-electron chi connectivity index (χ3n) is 5.66. The number of benzene rings is 1. The highest BCUT2D eigenvalue weighted by molar-refractivity contribution is 5.76. The van der Waals surface area contributed by atoms with E-state index in [2.05, 4.69) is 0 Å². The topological polar surface area (TPSA) is 150 Å². The van der Waals surface area contributed by atoms with Crippen LogP contribution in [-0.4, -0.2) is 55.7 Å². The molecule has 0 aromatic heterocycles. The molecule has 0 aliphatic rings. The van der Waals surface area contributed by atoms with E-state index in [0.717, 1.165) is 25.7 Å². The molecule has 39 heavy (non-hydrogen) atoms. The fourth-order valence-corrected chi connectivity index (χ4v) is 3.19. The van der Waals surface area contributed by atoms with Gasteiger partial charge in [0.25, 0.3) is 0 Å². The van der Waals surface area contributed by atoms with E-state index >= 15 is 0 Å². The molecule has 0 bridgehead atoms. The number of unbranched alkanes of at least 4 members (excludes halogenated alkanes) is 4. The standard InChI is InChI=1S/C28H43NO10/c1-6-9-11-15-34-27(32)38-23-14-13-21(18-24(23)39-28(33)35-16-12-10-7-2)17-22(29)26(31)37-20(5)19(4)36-25(30)8-3/h13-14,18-20,22H,6-12,15-17,29H2,1-5H3/t19-,20-,22-/m0/s1. The van der Waals surface area contributed by atoms with Crippen molar-refractivity contribution in [2.75, 3.05) is 13.2 Å². The van der Waals surface area contributed by atoms with Crippen LogP contribution >= 0.6 is 0 Å². The van der Waals surface area contributed by atoms with Crippen LogP contribution in [0, 0.1) is 0 Å². The second-order valence-corrected chi connectivity index (χ2v) is 9.10. The van der Waals surface area contributed by atoms with Crippen LogP contribution in [0.5, 0.6) is 11.5 Å². The van der Waals surface area contributed by atoms with Crippen molar-refractivity contribution >= 4 is 24.2 Å². The number of ether oxygens (including phenoxy) is 6. The first-order valence-electron chi connectivity index (χ1n) is 13.6. The number of nitrogens with two attached hydrogens (primary N) is 1. The fraction of sp³-hybridized carbons (Fsp3) is 0.643. The fourth-order valence-electron chi connectivity index (χ4n) is 3.19. The van der Waals surface area contributed by atoms with Gasteiger partial charge in [0.15, 0.2) is 11.5 Å². The normalized spacial score (nSPS) is 13.0. The first-order valence-corrected chi connectivity index (χ1v) is 13.6. The van der Waals surface area contributed by atoms with E-state index in [1.165, 1.54) is 12.1 Å². The van der Waals surface area contributed by atoms with Crippen molar-refractivity contribution in [3.63, 3.8) is 0 Å². The SMILES string of the molecule is CCCCCOC(=O)Oc1ccc(C[C@H](N)C(=O)O[C@@H](C)[C@H](C)OC(=O)CC)cc1OC(=O)OCCCCC. The van der Waals surface area contributed by atoms with Gasteiger partial charge in [-0.15, -0.1) is 0 Å². The van der Waals surface area contributed by atoms with Gasteiger partial charge in [-0.1, -0.05) is 52.5 Å². The molecule has 0 saturated heterocycles. The van der Waals surface area contributed by atoms with Crippen LogP contribution in [0.4, 0.5) is 9.59 Å². The molecule has 0 radical (unpaired) electrons. The monoisotopic (exact) mass is 553 g/mol. The average molecular weight is 554 g/mol. The van der Waals surface area contributed by atoms with Crippen LogP contribution < -0.4 is 15.2 Å². The molecule has 0 fully saturated rings. The lowest BCUT2D eigenvalue weighted by Crippen LogP contribution is -2.39. The zero-order chi connectivity index (χ0) is 29.2. The zero-order valence-corrected chi connectivity index (χ0v) is 23.7. The van der Waals surface area contributed by atoms with E-state index in [-0.39, 0.29) is 37.6 Å². The van der Waals surface area contributed by atoms with Gasteiger partial charge < -0.3 is 34.2 Å². The molecule has 1 aromatic rings. The zero-order valence-electron chi connectivity index (χ0n) is 23.7. The number of hydrogen-bond donors (Lipinski definition) is 1. The number of rotatable bonds is 17. The van der Waals surface area contributed by atoms with Gasteiger partial charge in [0.1, 0.15) is 18.2 Å². The molecule has 0 heterocycles. The van der Waals surface area contributed by atoms with Crippen molar-refractivity contribution in [1.29, 1.82) is 0 Å². The highest BCUT2D eigenvalue weighted by Gasteiger charge is 2.25. The van der Waals surface area contributed by atoms with E-state index in [1.54, 1.807) is 26.8 Å². The number of carbonyl (C=O) groups is 4. The maximum absolute atomic E-state index is 12.5. The van der Waals surface area contributed by atoms with Crippen molar-refractivity contribution in [3.8, 4) is 11.5 Å². The van der Waals surface area contributed by atoms with Crippen molar-refractivity contribution in [2.24, 2.45) is 5.73 Å². The van der Waals surface area contributed by atoms with Crippen molar-refractivity contribution in [2.45, 2.75) is 104 Å². The highest BCUT2D eigenvalue weighted by atomic mass is 16.7. The smallest absolute Gasteiger partial charge is 0.459 e. The minimum atomic E-state index is -1.06. The molecule has 3 atom stereocenters. The second-order valence-electron chi connectivity index (χ2n) is 9.10. The summed E-state index contributed by atoms with van der Waals surface area (Å²) in [6.45, 7) is 9.33. The third-order valence-corrected chi connectivity index (χ3v) is 5.66. The molecule has 2 N–H and O–H groups in total. The summed E-state index contributed by atoms with van der Waals surface area (Å²) in [5.74, 6) is -1.25. The molecule has 0 amide bonds. The van der Waals surface area contributed by atoms with Crippen LogP contribution in [0.25, 0.3) is 0 Å². The molecule has 0 aliphatic carbocycles. The maximum Gasteiger partial charge on any atom is 0.513 e. The number of esters is 2. The Morgan fingerprint density at radius 3 is 1.85 bits per heavy atom. The molecule has 1 rings (SSSR count). The molecule has 1 aromatic carbocycles. The van der Waals surface area contributed by atoms with Gasteiger partial charge in [-0.3, -0.25) is 9.59 Å². The Labute approximate surface area is 230 Å². The Morgan fingerprint density at radius 1 is 0.769 bits per heavy atom. The van der Waals surface area contributed by atoms with Crippen molar-refractivity contribution in [3.05, 3.63) is 23.8 Å². The molecule has 0 spiro atoms. The minimum Gasteiger partial charge on any atom is -0.459 e. The van der Waals surface area contributed by atoms with Crippen LogP contribution in [0.1, 0.15) is 85.1 Å². The quantitative estimate of drug-likeness (QED) is 0.117. The Kier molecular flexibility index (Phi) is 16.3. The lowest BCUT2D eigenvalue weighted by molar-refractivity contribution is -0.166. The second kappa shape index (κ2) is 18.8. The van der Waals surface area contributed by atoms with Crippen LogP contribution in [-0.2, 0) is 35.0 Å².